The molecule has 0 fully saturated rings. The number of aryl methyl sites for hydroxylation is 1. The van der Waals surface area contributed by atoms with Gasteiger partial charge in [-0.25, -0.2) is 0 Å². The number of hydrogen-bond donors (Lipinski definition) is 2. The molecule has 6 heteroatoms. The molecule has 2 aromatic rings. The van der Waals surface area contributed by atoms with Crippen molar-refractivity contribution in [2.24, 2.45) is 5.73 Å². The summed E-state index contributed by atoms with van der Waals surface area (Å²) in [5.74, 6) is -0.218. The normalized spacial score (nSPS) is 11.6. The number of anilines is 1. The first kappa shape index (κ1) is 16.8. The molecule has 0 aliphatic heterocycles. The fourth-order valence-corrected chi connectivity index (χ4v) is 2.18. The highest BCUT2D eigenvalue weighted by Gasteiger charge is 2.16. The summed E-state index contributed by atoms with van der Waals surface area (Å²) in [4.78, 5) is 23.2. The Morgan fingerprint density at radius 2 is 1.83 bits per heavy atom. The number of benzene rings is 2. The van der Waals surface area contributed by atoms with Gasteiger partial charge in [-0.3, -0.25) is 9.59 Å². The Hall–Kier alpha value is -2.53. The van der Waals surface area contributed by atoms with Crippen molar-refractivity contribution < 1.29 is 14.3 Å². The van der Waals surface area contributed by atoms with Gasteiger partial charge in [0.2, 0.25) is 5.91 Å². The molecule has 0 saturated heterocycles. The van der Waals surface area contributed by atoms with E-state index in [4.69, 9.17) is 22.1 Å². The standard InChI is InChI=1S/C17H17ClN2O3/c1-10-9-13(18)5-8-15(10)23-11(2)17(22)20-14-6-3-12(4-7-14)16(19)21/h3-9,11H,1-2H3,(H2,19,21)(H,20,22). The molecule has 1 atom stereocenters. The van der Waals surface area contributed by atoms with E-state index in [9.17, 15) is 9.59 Å². The lowest BCUT2D eigenvalue weighted by Crippen LogP contribution is -2.30. The first-order chi connectivity index (χ1) is 10.9. The van der Waals surface area contributed by atoms with E-state index in [1.807, 2.05) is 6.92 Å². The molecule has 120 valence electrons. The van der Waals surface area contributed by atoms with Crippen LogP contribution in [-0.4, -0.2) is 17.9 Å². The average Bonchev–Trinajstić information content (AvgIpc) is 2.50. The number of primary amides is 1. The number of carbonyl (C=O) groups is 2. The van der Waals surface area contributed by atoms with E-state index in [2.05, 4.69) is 5.32 Å². The molecule has 0 heterocycles. The lowest BCUT2D eigenvalue weighted by Gasteiger charge is -2.16. The Kier molecular flexibility index (Phi) is 5.24. The van der Waals surface area contributed by atoms with Crippen LogP contribution in [0.1, 0.15) is 22.8 Å². The fraction of sp³-hybridized carbons (Fsp3) is 0.176. The summed E-state index contributed by atoms with van der Waals surface area (Å²) in [5.41, 5.74) is 6.96. The zero-order chi connectivity index (χ0) is 17.0. The highest BCUT2D eigenvalue weighted by molar-refractivity contribution is 6.30. The first-order valence-corrected chi connectivity index (χ1v) is 7.38. The molecule has 3 N–H and O–H groups in total. The Morgan fingerprint density at radius 1 is 1.17 bits per heavy atom. The second-order valence-corrected chi connectivity index (χ2v) is 5.54. The quantitative estimate of drug-likeness (QED) is 0.882. The van der Waals surface area contributed by atoms with Gasteiger partial charge in [-0.2, -0.15) is 0 Å². The molecule has 23 heavy (non-hydrogen) atoms. The summed E-state index contributed by atoms with van der Waals surface area (Å²) < 4.78 is 5.65. The number of nitrogens with two attached hydrogens (primary N) is 1. The summed E-state index contributed by atoms with van der Waals surface area (Å²) in [6.45, 7) is 3.51. The van der Waals surface area contributed by atoms with E-state index in [1.54, 1.807) is 49.4 Å². The van der Waals surface area contributed by atoms with Crippen molar-refractivity contribution in [1.29, 1.82) is 0 Å². The van der Waals surface area contributed by atoms with E-state index in [0.717, 1.165) is 5.56 Å². The topological polar surface area (TPSA) is 81.4 Å². The molecule has 2 amide bonds. The second kappa shape index (κ2) is 7.15. The molecule has 0 saturated carbocycles. The Labute approximate surface area is 139 Å². The minimum atomic E-state index is -0.689. The van der Waals surface area contributed by atoms with Gasteiger partial charge >= 0.3 is 0 Å². The predicted molar refractivity (Wildman–Crippen MR) is 89.9 cm³/mol. The molecule has 0 aliphatic rings. The number of carbonyl (C=O) groups excluding carboxylic acids is 2. The van der Waals surface area contributed by atoms with Crippen LogP contribution in [0.5, 0.6) is 5.75 Å². The number of amides is 2. The summed E-state index contributed by atoms with van der Waals surface area (Å²) in [5, 5.41) is 3.33. The Balaban J connectivity index is 2.00. The van der Waals surface area contributed by atoms with E-state index in [0.29, 0.717) is 22.0 Å². The third-order valence-corrected chi connectivity index (χ3v) is 3.48. The van der Waals surface area contributed by atoms with E-state index in [1.165, 1.54) is 0 Å². The molecule has 2 rings (SSSR count). The molecular formula is C17H17ClN2O3. The van der Waals surface area contributed by atoms with Gasteiger partial charge in [-0.05, 0) is 61.9 Å². The summed E-state index contributed by atoms with van der Waals surface area (Å²) in [7, 11) is 0. The van der Waals surface area contributed by atoms with Crippen molar-refractivity contribution >= 4 is 29.1 Å². The van der Waals surface area contributed by atoms with Gasteiger partial charge in [0.05, 0.1) is 0 Å². The fourth-order valence-electron chi connectivity index (χ4n) is 1.95. The van der Waals surface area contributed by atoms with Gasteiger partial charge in [-0.15, -0.1) is 0 Å². The van der Waals surface area contributed by atoms with Crippen LogP contribution in [0.2, 0.25) is 5.02 Å². The van der Waals surface area contributed by atoms with E-state index < -0.39 is 12.0 Å². The SMILES string of the molecule is Cc1cc(Cl)ccc1OC(C)C(=O)Nc1ccc(C(N)=O)cc1. The van der Waals surface area contributed by atoms with Crippen LogP contribution in [0, 0.1) is 6.92 Å². The van der Waals surface area contributed by atoms with E-state index >= 15 is 0 Å². The maximum atomic E-state index is 12.2. The lowest BCUT2D eigenvalue weighted by atomic mass is 10.2. The molecule has 0 bridgehead atoms. The van der Waals surface area contributed by atoms with Crippen molar-refractivity contribution in [2.45, 2.75) is 20.0 Å². The number of nitrogens with one attached hydrogen (secondary N) is 1. The minimum Gasteiger partial charge on any atom is -0.481 e. The van der Waals surface area contributed by atoms with Crippen LogP contribution in [0.3, 0.4) is 0 Å². The molecule has 1 unspecified atom stereocenters. The highest BCUT2D eigenvalue weighted by atomic mass is 35.5. The third kappa shape index (κ3) is 4.47. The van der Waals surface area contributed by atoms with E-state index in [-0.39, 0.29) is 5.91 Å². The van der Waals surface area contributed by atoms with Crippen LogP contribution in [0.25, 0.3) is 0 Å². The molecule has 0 aromatic heterocycles. The molecule has 0 spiro atoms. The lowest BCUT2D eigenvalue weighted by molar-refractivity contribution is -0.122. The van der Waals surface area contributed by atoms with Crippen molar-refractivity contribution in [3.8, 4) is 5.75 Å². The van der Waals surface area contributed by atoms with Gasteiger partial charge in [0.15, 0.2) is 6.10 Å². The van der Waals surface area contributed by atoms with Crippen molar-refractivity contribution in [2.75, 3.05) is 5.32 Å². The zero-order valence-electron chi connectivity index (χ0n) is 12.8. The Morgan fingerprint density at radius 3 is 2.39 bits per heavy atom. The van der Waals surface area contributed by atoms with Crippen molar-refractivity contribution in [3.63, 3.8) is 0 Å². The average molecular weight is 333 g/mol. The predicted octanol–water partition coefficient (Wildman–Crippen LogP) is 3.15. The maximum absolute atomic E-state index is 12.2. The smallest absolute Gasteiger partial charge is 0.265 e. The molecular weight excluding hydrogens is 316 g/mol. The second-order valence-electron chi connectivity index (χ2n) is 5.10. The number of halogens is 1. The number of ether oxygens (including phenoxy) is 1. The monoisotopic (exact) mass is 332 g/mol. The van der Waals surface area contributed by atoms with Gasteiger partial charge in [0.1, 0.15) is 5.75 Å². The molecule has 0 aliphatic carbocycles. The summed E-state index contributed by atoms with van der Waals surface area (Å²) in [6.07, 6.45) is -0.689. The van der Waals surface area contributed by atoms with Gasteiger partial charge in [0, 0.05) is 16.3 Å². The van der Waals surface area contributed by atoms with Crippen molar-refractivity contribution in [3.05, 3.63) is 58.6 Å². The minimum absolute atomic E-state index is 0.300. The Bertz CT molecular complexity index is 729. The van der Waals surface area contributed by atoms with Gasteiger partial charge in [0.25, 0.3) is 5.91 Å². The van der Waals surface area contributed by atoms with Crippen LogP contribution >= 0.6 is 11.6 Å². The summed E-state index contributed by atoms with van der Waals surface area (Å²) in [6, 6.07) is 11.5. The van der Waals surface area contributed by atoms with Crippen LogP contribution < -0.4 is 15.8 Å². The number of rotatable bonds is 5. The number of hydrogen-bond acceptors (Lipinski definition) is 3. The molecule has 5 nitrogen and oxygen atoms in total. The zero-order valence-corrected chi connectivity index (χ0v) is 13.6. The largest absolute Gasteiger partial charge is 0.481 e. The van der Waals surface area contributed by atoms with Crippen LogP contribution in [0.15, 0.2) is 42.5 Å². The third-order valence-electron chi connectivity index (χ3n) is 3.25. The highest BCUT2D eigenvalue weighted by Crippen LogP contribution is 2.23. The first-order valence-electron chi connectivity index (χ1n) is 7.00. The van der Waals surface area contributed by atoms with Gasteiger partial charge in [-0.1, -0.05) is 11.6 Å². The van der Waals surface area contributed by atoms with Crippen LogP contribution in [-0.2, 0) is 4.79 Å². The molecule has 2 aromatic carbocycles. The van der Waals surface area contributed by atoms with Gasteiger partial charge < -0.3 is 15.8 Å². The molecule has 0 radical (unpaired) electrons. The van der Waals surface area contributed by atoms with Crippen molar-refractivity contribution in [1.82, 2.24) is 0 Å². The maximum Gasteiger partial charge on any atom is 0.265 e. The summed E-state index contributed by atoms with van der Waals surface area (Å²) >= 11 is 5.89. The van der Waals surface area contributed by atoms with Crippen LogP contribution in [0.4, 0.5) is 5.69 Å².